The zero-order chi connectivity index (χ0) is 21.0. The molecule has 0 saturated carbocycles. The van der Waals surface area contributed by atoms with Gasteiger partial charge in [0.05, 0.1) is 13.2 Å². The Bertz CT molecular complexity index is 613. The molecule has 0 radical (unpaired) electrons. The van der Waals surface area contributed by atoms with Gasteiger partial charge in [0, 0.05) is 17.9 Å². The Morgan fingerprint density at radius 1 is 1.14 bits per heavy atom. The Morgan fingerprint density at radius 3 is 2.52 bits per heavy atom. The molecule has 29 heavy (non-hydrogen) atoms. The van der Waals surface area contributed by atoms with Crippen LogP contribution in [-0.2, 0) is 14.3 Å². The number of hydrogen-bond acceptors (Lipinski definition) is 4. The van der Waals surface area contributed by atoms with E-state index in [9.17, 15) is 4.79 Å². The molecule has 1 fully saturated rings. The van der Waals surface area contributed by atoms with Gasteiger partial charge >= 0.3 is 5.97 Å². The van der Waals surface area contributed by atoms with Crippen LogP contribution >= 0.6 is 0 Å². The maximum atomic E-state index is 12.3. The average Bonchev–Trinajstić information content (AvgIpc) is 3.10. The smallest absolute Gasteiger partial charge is 0.335 e. The molecule has 1 aromatic carbocycles. The number of rotatable bonds is 14. The van der Waals surface area contributed by atoms with E-state index in [1.54, 1.807) is 6.92 Å². The van der Waals surface area contributed by atoms with Crippen molar-refractivity contribution in [3.8, 4) is 5.75 Å². The molecule has 1 aliphatic rings. The van der Waals surface area contributed by atoms with Crippen LogP contribution < -0.4 is 4.74 Å². The highest BCUT2D eigenvalue weighted by molar-refractivity contribution is 5.87. The number of hydrogen-bond donors (Lipinski definition) is 0. The van der Waals surface area contributed by atoms with E-state index in [0.717, 1.165) is 25.0 Å². The fraction of sp³-hybridized carbons (Fsp3) is 0.640. The van der Waals surface area contributed by atoms with E-state index in [4.69, 9.17) is 14.2 Å². The minimum atomic E-state index is -0.896. The van der Waals surface area contributed by atoms with E-state index in [2.05, 4.69) is 13.5 Å². The minimum Gasteiger partial charge on any atom is -0.493 e. The third kappa shape index (κ3) is 7.85. The molecular formula is C25H38O4. The summed E-state index contributed by atoms with van der Waals surface area (Å²) in [5, 5.41) is 0. The largest absolute Gasteiger partial charge is 0.493 e. The molecule has 1 aromatic rings. The second-order valence-electron chi connectivity index (χ2n) is 8.14. The summed E-state index contributed by atoms with van der Waals surface area (Å²) < 4.78 is 17.8. The van der Waals surface area contributed by atoms with Gasteiger partial charge < -0.3 is 14.2 Å². The molecule has 0 spiro atoms. The summed E-state index contributed by atoms with van der Waals surface area (Å²) in [6, 6.07) is 9.71. The van der Waals surface area contributed by atoms with Gasteiger partial charge in [0.15, 0.2) is 0 Å². The molecule has 2 rings (SSSR count). The van der Waals surface area contributed by atoms with E-state index < -0.39 is 5.79 Å². The predicted molar refractivity (Wildman–Crippen MR) is 117 cm³/mol. The van der Waals surface area contributed by atoms with Crippen LogP contribution in [0.5, 0.6) is 5.75 Å². The van der Waals surface area contributed by atoms with Crippen molar-refractivity contribution in [2.45, 2.75) is 83.8 Å². The summed E-state index contributed by atoms with van der Waals surface area (Å²) in [5.74, 6) is -0.250. The average molecular weight is 403 g/mol. The lowest BCUT2D eigenvalue weighted by Crippen LogP contribution is -2.42. The number of benzene rings is 1. The summed E-state index contributed by atoms with van der Waals surface area (Å²) in [6.45, 7) is 8.72. The van der Waals surface area contributed by atoms with Crippen molar-refractivity contribution in [1.29, 1.82) is 0 Å². The lowest BCUT2D eigenvalue weighted by molar-refractivity contribution is -0.230. The number of esters is 1. The second-order valence-corrected chi connectivity index (χ2v) is 8.14. The SMILES string of the molecule is C=C(C)C(=O)OC1(CCOc2ccccc2)OCCC1CCCCCCCCC. The van der Waals surface area contributed by atoms with E-state index in [1.807, 2.05) is 30.3 Å². The second kappa shape index (κ2) is 12.7. The summed E-state index contributed by atoms with van der Waals surface area (Å²) in [5.41, 5.74) is 0.401. The quantitative estimate of drug-likeness (QED) is 0.204. The van der Waals surface area contributed by atoms with E-state index in [-0.39, 0.29) is 11.9 Å². The van der Waals surface area contributed by atoms with Gasteiger partial charge in [-0.05, 0) is 31.9 Å². The van der Waals surface area contributed by atoms with Crippen molar-refractivity contribution >= 4 is 5.97 Å². The third-order valence-corrected chi connectivity index (χ3v) is 5.67. The maximum Gasteiger partial charge on any atom is 0.335 e. The van der Waals surface area contributed by atoms with Crippen molar-refractivity contribution in [3.05, 3.63) is 42.5 Å². The Kier molecular flexibility index (Phi) is 10.3. The number of ether oxygens (including phenoxy) is 3. The molecule has 1 aliphatic heterocycles. The summed E-state index contributed by atoms with van der Waals surface area (Å²) in [6.07, 6.45) is 11.4. The molecule has 2 unspecified atom stereocenters. The van der Waals surface area contributed by atoms with Gasteiger partial charge in [0.1, 0.15) is 5.75 Å². The Balaban J connectivity index is 1.89. The first-order chi connectivity index (χ1) is 14.1. The molecule has 0 bridgehead atoms. The van der Waals surface area contributed by atoms with E-state index >= 15 is 0 Å². The van der Waals surface area contributed by atoms with Crippen LogP contribution in [0.4, 0.5) is 0 Å². The third-order valence-electron chi connectivity index (χ3n) is 5.67. The van der Waals surface area contributed by atoms with Crippen LogP contribution in [0.3, 0.4) is 0 Å². The van der Waals surface area contributed by atoms with E-state index in [0.29, 0.717) is 25.2 Å². The molecular weight excluding hydrogens is 364 g/mol. The Labute approximate surface area is 176 Å². The van der Waals surface area contributed by atoms with Crippen LogP contribution in [0.1, 0.15) is 78.1 Å². The van der Waals surface area contributed by atoms with Crippen molar-refractivity contribution in [1.82, 2.24) is 0 Å². The molecule has 0 N–H and O–H groups in total. The van der Waals surface area contributed by atoms with Crippen molar-refractivity contribution in [3.63, 3.8) is 0 Å². The van der Waals surface area contributed by atoms with Crippen molar-refractivity contribution in [2.75, 3.05) is 13.2 Å². The zero-order valence-electron chi connectivity index (χ0n) is 18.3. The predicted octanol–water partition coefficient (Wildman–Crippen LogP) is 6.45. The van der Waals surface area contributed by atoms with Crippen molar-refractivity contribution in [2.24, 2.45) is 5.92 Å². The normalized spacial score (nSPS) is 21.1. The lowest BCUT2D eigenvalue weighted by atomic mass is 9.89. The van der Waals surface area contributed by atoms with Crippen LogP contribution in [-0.4, -0.2) is 25.0 Å². The van der Waals surface area contributed by atoms with Gasteiger partial charge in [-0.3, -0.25) is 0 Å². The van der Waals surface area contributed by atoms with Crippen LogP contribution in [0.25, 0.3) is 0 Å². The van der Waals surface area contributed by atoms with Gasteiger partial charge in [0.2, 0.25) is 5.79 Å². The monoisotopic (exact) mass is 402 g/mol. The molecule has 4 nitrogen and oxygen atoms in total. The van der Waals surface area contributed by atoms with Crippen molar-refractivity contribution < 1.29 is 19.0 Å². The summed E-state index contributed by atoms with van der Waals surface area (Å²) >= 11 is 0. The standard InChI is InChI=1S/C25H38O4/c1-4-5-6-7-8-9-11-14-22-17-19-28-25(22,29-24(26)21(2)3)18-20-27-23-15-12-10-13-16-23/h10,12-13,15-16,22H,2,4-9,11,14,17-20H2,1,3H3. The molecule has 2 atom stereocenters. The fourth-order valence-electron chi connectivity index (χ4n) is 3.94. The highest BCUT2D eigenvalue weighted by atomic mass is 16.7. The summed E-state index contributed by atoms with van der Waals surface area (Å²) in [4.78, 5) is 12.3. The molecule has 1 heterocycles. The molecule has 4 heteroatoms. The molecule has 0 amide bonds. The number of carbonyl (C=O) groups excluding carboxylic acids is 1. The molecule has 1 saturated heterocycles. The number of unbranched alkanes of at least 4 members (excludes halogenated alkanes) is 6. The van der Waals surface area contributed by atoms with Crippen LogP contribution in [0.15, 0.2) is 42.5 Å². The molecule has 0 aromatic heterocycles. The van der Waals surface area contributed by atoms with Gasteiger partial charge in [-0.2, -0.15) is 0 Å². The summed E-state index contributed by atoms with van der Waals surface area (Å²) in [7, 11) is 0. The van der Waals surface area contributed by atoms with Gasteiger partial charge in [-0.1, -0.05) is 76.6 Å². The Hall–Kier alpha value is -1.81. The minimum absolute atomic E-state index is 0.209. The molecule has 0 aliphatic carbocycles. The topological polar surface area (TPSA) is 44.8 Å². The Morgan fingerprint density at radius 2 is 1.83 bits per heavy atom. The number of para-hydroxylation sites is 1. The van der Waals surface area contributed by atoms with Gasteiger partial charge in [0.25, 0.3) is 0 Å². The zero-order valence-corrected chi connectivity index (χ0v) is 18.3. The first-order valence-corrected chi connectivity index (χ1v) is 11.3. The first kappa shape index (κ1) is 23.5. The highest BCUT2D eigenvalue weighted by Crippen LogP contribution is 2.40. The number of carbonyl (C=O) groups is 1. The molecule has 162 valence electrons. The van der Waals surface area contributed by atoms with Gasteiger partial charge in [-0.15, -0.1) is 0 Å². The lowest BCUT2D eigenvalue weighted by Gasteiger charge is -2.34. The first-order valence-electron chi connectivity index (χ1n) is 11.3. The van der Waals surface area contributed by atoms with Gasteiger partial charge in [-0.25, -0.2) is 4.79 Å². The van der Waals surface area contributed by atoms with Crippen LogP contribution in [0.2, 0.25) is 0 Å². The maximum absolute atomic E-state index is 12.3. The highest BCUT2D eigenvalue weighted by Gasteiger charge is 2.47. The fourth-order valence-corrected chi connectivity index (χ4v) is 3.94. The van der Waals surface area contributed by atoms with Crippen LogP contribution in [0, 0.1) is 5.92 Å². The van der Waals surface area contributed by atoms with E-state index in [1.165, 1.54) is 38.5 Å².